The quantitative estimate of drug-likeness (QED) is 0.210. The summed E-state index contributed by atoms with van der Waals surface area (Å²) in [5.74, 6) is 6.64. The summed E-state index contributed by atoms with van der Waals surface area (Å²) in [5.41, 5.74) is 5.16. The van der Waals surface area contributed by atoms with Gasteiger partial charge in [-0.1, -0.05) is 24.1 Å². The molecule has 2 heterocycles. The van der Waals surface area contributed by atoms with Crippen LogP contribution in [0.1, 0.15) is 50.4 Å². The summed E-state index contributed by atoms with van der Waals surface area (Å²) < 4.78 is 4.66. The number of benzene rings is 2. The van der Waals surface area contributed by atoms with Gasteiger partial charge in [-0.05, 0) is 81.0 Å². The number of nitriles is 1. The molecule has 5 nitrogen and oxygen atoms in total. The summed E-state index contributed by atoms with van der Waals surface area (Å²) in [6.45, 7) is 10.7. The molecule has 2 aromatic carbocycles. The molecule has 0 amide bonds. The highest BCUT2D eigenvalue weighted by Crippen LogP contribution is 2.24. The molecule has 1 saturated heterocycles. The van der Waals surface area contributed by atoms with Gasteiger partial charge in [0.1, 0.15) is 0 Å². The molecule has 1 fully saturated rings. The number of piperidine rings is 1. The van der Waals surface area contributed by atoms with Crippen LogP contribution in [0, 0.1) is 23.2 Å². The molecular formula is C29H34IN5. The van der Waals surface area contributed by atoms with E-state index in [4.69, 9.17) is 0 Å². The Hall–Kier alpha value is -2.52. The monoisotopic (exact) mass is 579 g/mol. The van der Waals surface area contributed by atoms with Gasteiger partial charge >= 0.3 is 0 Å². The second-order valence-corrected chi connectivity index (χ2v) is 11.1. The van der Waals surface area contributed by atoms with E-state index in [1.54, 1.807) is 0 Å². The number of hydrogen-bond donors (Lipinski definition) is 2. The van der Waals surface area contributed by atoms with Crippen LogP contribution in [-0.4, -0.2) is 33.4 Å². The number of aromatic nitrogens is 1. The summed E-state index contributed by atoms with van der Waals surface area (Å²) >= 11 is 2.42. The minimum Gasteiger partial charge on any atom is -0.374 e. The Kier molecular flexibility index (Phi) is 8.38. The maximum absolute atomic E-state index is 9.31. The lowest BCUT2D eigenvalue weighted by molar-refractivity contribution is 0.324. The van der Waals surface area contributed by atoms with E-state index in [2.05, 4.69) is 90.3 Å². The zero-order valence-electron chi connectivity index (χ0n) is 20.9. The summed E-state index contributed by atoms with van der Waals surface area (Å²) in [6.07, 6.45) is 2.43. The Bertz CT molecular complexity index is 1250. The predicted molar refractivity (Wildman–Crippen MR) is 154 cm³/mol. The fourth-order valence-electron chi connectivity index (χ4n) is 4.54. The third-order valence-electron chi connectivity index (χ3n) is 6.80. The first-order chi connectivity index (χ1) is 16.9. The van der Waals surface area contributed by atoms with Crippen LogP contribution in [0.15, 0.2) is 48.5 Å². The third kappa shape index (κ3) is 6.38. The van der Waals surface area contributed by atoms with Gasteiger partial charge in [0.05, 0.1) is 23.7 Å². The second-order valence-electron chi connectivity index (χ2n) is 9.70. The molecule has 0 atom stereocenters. The Morgan fingerprint density at radius 2 is 1.83 bits per heavy atom. The van der Waals surface area contributed by atoms with Gasteiger partial charge in [0.25, 0.3) is 0 Å². The molecular weight excluding hydrogens is 545 g/mol. The number of halogens is 1. The normalized spacial score (nSPS) is 14.9. The van der Waals surface area contributed by atoms with Crippen molar-refractivity contribution in [2.45, 2.75) is 58.2 Å². The molecule has 0 radical (unpaired) electrons. The van der Waals surface area contributed by atoms with Gasteiger partial charge in [-0.3, -0.25) is 0 Å². The van der Waals surface area contributed by atoms with Crippen molar-refractivity contribution in [2.75, 3.05) is 25.0 Å². The van der Waals surface area contributed by atoms with E-state index in [0.717, 1.165) is 43.1 Å². The molecule has 1 aliphatic rings. The van der Waals surface area contributed by atoms with Crippen LogP contribution in [0.25, 0.3) is 10.9 Å². The lowest BCUT2D eigenvalue weighted by atomic mass is 9.86. The average molecular weight is 580 g/mol. The van der Waals surface area contributed by atoms with Gasteiger partial charge in [-0.25, -0.2) is 3.11 Å². The number of nitrogens with one attached hydrogen (secondary N) is 2. The van der Waals surface area contributed by atoms with Gasteiger partial charge in [0, 0.05) is 71.7 Å². The molecule has 0 aliphatic carbocycles. The SMILES string of the molecule is CCn1c(C#CCNc2ccc(C(C)(C)C#N)cc2)cc2cc(CNC3CCN(I)CC3)ccc21. The van der Waals surface area contributed by atoms with Crippen molar-refractivity contribution in [3.8, 4) is 17.9 Å². The Balaban J connectivity index is 1.39. The Morgan fingerprint density at radius 1 is 1.09 bits per heavy atom. The highest BCUT2D eigenvalue weighted by atomic mass is 127. The van der Waals surface area contributed by atoms with E-state index < -0.39 is 5.41 Å². The number of hydrogen-bond acceptors (Lipinski definition) is 4. The fourth-order valence-corrected chi connectivity index (χ4v) is 5.10. The molecule has 0 bridgehead atoms. The van der Waals surface area contributed by atoms with Crippen molar-refractivity contribution in [1.82, 2.24) is 13.0 Å². The molecule has 0 saturated carbocycles. The maximum atomic E-state index is 9.31. The Morgan fingerprint density at radius 3 is 2.51 bits per heavy atom. The molecule has 1 aliphatic heterocycles. The lowest BCUT2D eigenvalue weighted by Crippen LogP contribution is -2.38. The molecule has 0 unspecified atom stereocenters. The topological polar surface area (TPSA) is 56.0 Å². The van der Waals surface area contributed by atoms with Crippen LogP contribution in [-0.2, 0) is 18.5 Å². The van der Waals surface area contributed by atoms with Gasteiger partial charge in [-0.15, -0.1) is 0 Å². The van der Waals surface area contributed by atoms with E-state index in [1.807, 2.05) is 38.1 Å². The first-order valence-electron chi connectivity index (χ1n) is 12.4. The molecule has 0 spiro atoms. The average Bonchev–Trinajstić information content (AvgIpc) is 3.23. The molecule has 1 aromatic heterocycles. The van der Waals surface area contributed by atoms with E-state index in [9.17, 15) is 5.26 Å². The molecule has 4 rings (SSSR count). The van der Waals surface area contributed by atoms with Crippen LogP contribution in [0.3, 0.4) is 0 Å². The third-order valence-corrected chi connectivity index (χ3v) is 7.77. The molecule has 35 heavy (non-hydrogen) atoms. The lowest BCUT2D eigenvalue weighted by Gasteiger charge is -2.28. The predicted octanol–water partition coefficient (Wildman–Crippen LogP) is 5.83. The molecule has 6 heteroatoms. The summed E-state index contributed by atoms with van der Waals surface area (Å²) in [4.78, 5) is 0. The van der Waals surface area contributed by atoms with Gasteiger partial charge in [0.2, 0.25) is 0 Å². The highest BCUT2D eigenvalue weighted by molar-refractivity contribution is 14.1. The van der Waals surface area contributed by atoms with Crippen LogP contribution < -0.4 is 10.6 Å². The van der Waals surface area contributed by atoms with E-state index in [-0.39, 0.29) is 0 Å². The first kappa shape index (κ1) is 25.6. The maximum Gasteiger partial charge on any atom is 0.0931 e. The highest BCUT2D eigenvalue weighted by Gasteiger charge is 2.19. The van der Waals surface area contributed by atoms with Crippen molar-refractivity contribution in [1.29, 1.82) is 5.26 Å². The largest absolute Gasteiger partial charge is 0.374 e. The standard InChI is InChI=1S/C29H34IN5/c1-4-35-27(6-5-15-32-25-10-8-24(9-11-25)29(2,3)21-31)19-23-18-22(7-12-28(23)35)20-33-26-13-16-34(30)17-14-26/h7-12,18-19,26,32-33H,4,13-17,20H2,1-3H3. The second kappa shape index (κ2) is 11.5. The van der Waals surface area contributed by atoms with Crippen molar-refractivity contribution in [3.63, 3.8) is 0 Å². The first-order valence-corrected chi connectivity index (χ1v) is 13.4. The fraction of sp³-hybridized carbons (Fsp3) is 0.414. The van der Waals surface area contributed by atoms with Crippen molar-refractivity contribution in [2.24, 2.45) is 0 Å². The van der Waals surface area contributed by atoms with Crippen molar-refractivity contribution in [3.05, 3.63) is 65.4 Å². The zero-order valence-corrected chi connectivity index (χ0v) is 23.0. The number of aryl methyl sites for hydroxylation is 1. The van der Waals surface area contributed by atoms with Crippen molar-refractivity contribution >= 4 is 39.5 Å². The summed E-state index contributed by atoms with van der Waals surface area (Å²) in [7, 11) is 0. The van der Waals surface area contributed by atoms with Gasteiger partial charge < -0.3 is 15.2 Å². The van der Waals surface area contributed by atoms with Crippen LogP contribution in [0.4, 0.5) is 5.69 Å². The van der Waals surface area contributed by atoms with Crippen molar-refractivity contribution < 1.29 is 0 Å². The van der Waals surface area contributed by atoms with Crippen LogP contribution in [0.5, 0.6) is 0 Å². The minimum atomic E-state index is -0.478. The van der Waals surface area contributed by atoms with E-state index >= 15 is 0 Å². The summed E-state index contributed by atoms with van der Waals surface area (Å²) in [6, 6.07) is 20.0. The number of fused-ring (bicyclic) bond motifs is 1. The van der Waals surface area contributed by atoms with Gasteiger partial charge in [0.15, 0.2) is 0 Å². The van der Waals surface area contributed by atoms with E-state index in [0.29, 0.717) is 12.6 Å². The van der Waals surface area contributed by atoms with Crippen LogP contribution >= 0.6 is 22.9 Å². The zero-order chi connectivity index (χ0) is 24.8. The summed E-state index contributed by atoms with van der Waals surface area (Å²) in [5, 5.41) is 17.7. The number of anilines is 1. The Labute approximate surface area is 223 Å². The molecule has 182 valence electrons. The van der Waals surface area contributed by atoms with Crippen LogP contribution in [0.2, 0.25) is 0 Å². The molecule has 3 aromatic rings. The molecule has 2 N–H and O–H groups in total. The van der Waals surface area contributed by atoms with Gasteiger partial charge in [-0.2, -0.15) is 5.26 Å². The smallest absolute Gasteiger partial charge is 0.0931 e. The minimum absolute atomic E-state index is 0.478. The number of nitrogens with zero attached hydrogens (tertiary/aromatic N) is 3. The number of rotatable bonds is 7. The van der Waals surface area contributed by atoms with E-state index in [1.165, 1.54) is 29.3 Å².